The molecule has 1 heterocycles. The van der Waals surface area contributed by atoms with E-state index in [-0.39, 0.29) is 24.9 Å². The van der Waals surface area contributed by atoms with Crippen LogP contribution in [0.25, 0.3) is 10.2 Å². The van der Waals surface area contributed by atoms with Crippen molar-refractivity contribution in [2.45, 2.75) is 20.4 Å². The van der Waals surface area contributed by atoms with E-state index in [2.05, 4.69) is 26.0 Å². The molecule has 0 N–H and O–H groups in total. The summed E-state index contributed by atoms with van der Waals surface area (Å²) in [6, 6.07) is 14.0. The molecule has 3 aromatic rings. The first kappa shape index (κ1) is 21.9. The SMILES string of the molecule is Cc1ccc2sc(N(Cc3ccccc3)C(=O)CN(C)CC(=O)N(C)C)nc2c1C. The van der Waals surface area contributed by atoms with Crippen LogP contribution in [0.1, 0.15) is 16.7 Å². The second kappa shape index (κ2) is 9.36. The molecule has 0 aliphatic rings. The van der Waals surface area contributed by atoms with Gasteiger partial charge in [0.2, 0.25) is 11.8 Å². The average Bonchev–Trinajstić information content (AvgIpc) is 3.14. The van der Waals surface area contributed by atoms with Crippen molar-refractivity contribution in [2.24, 2.45) is 0 Å². The monoisotopic (exact) mass is 424 g/mol. The minimum absolute atomic E-state index is 0.0361. The van der Waals surface area contributed by atoms with Crippen LogP contribution in [0.2, 0.25) is 0 Å². The number of hydrogen-bond acceptors (Lipinski definition) is 5. The van der Waals surface area contributed by atoms with Gasteiger partial charge in [0.15, 0.2) is 5.13 Å². The molecule has 1 aromatic heterocycles. The van der Waals surface area contributed by atoms with Gasteiger partial charge in [-0.05, 0) is 43.7 Å². The topological polar surface area (TPSA) is 56.8 Å². The maximum atomic E-state index is 13.3. The Kier molecular flexibility index (Phi) is 6.84. The molecule has 2 aromatic carbocycles. The van der Waals surface area contributed by atoms with Crippen molar-refractivity contribution in [3.63, 3.8) is 0 Å². The lowest BCUT2D eigenvalue weighted by Gasteiger charge is -2.24. The summed E-state index contributed by atoms with van der Waals surface area (Å²) in [5, 5.41) is 0.680. The summed E-state index contributed by atoms with van der Waals surface area (Å²) in [5.74, 6) is -0.118. The smallest absolute Gasteiger partial charge is 0.243 e. The molecule has 0 fully saturated rings. The van der Waals surface area contributed by atoms with Gasteiger partial charge in [0.05, 0.1) is 29.9 Å². The summed E-state index contributed by atoms with van der Waals surface area (Å²) in [6.45, 7) is 4.89. The average molecular weight is 425 g/mol. The van der Waals surface area contributed by atoms with Crippen LogP contribution < -0.4 is 4.90 Å². The van der Waals surface area contributed by atoms with Crippen molar-refractivity contribution in [3.8, 4) is 0 Å². The molecule has 0 unspecified atom stereocenters. The lowest BCUT2D eigenvalue weighted by Crippen LogP contribution is -2.42. The Morgan fingerprint density at radius 2 is 1.60 bits per heavy atom. The van der Waals surface area contributed by atoms with Gasteiger partial charge in [-0.2, -0.15) is 0 Å². The van der Waals surface area contributed by atoms with Crippen molar-refractivity contribution in [3.05, 3.63) is 59.2 Å². The number of amides is 2. The van der Waals surface area contributed by atoms with Gasteiger partial charge < -0.3 is 4.90 Å². The molecule has 0 bridgehead atoms. The Morgan fingerprint density at radius 3 is 2.27 bits per heavy atom. The van der Waals surface area contributed by atoms with Gasteiger partial charge in [0.25, 0.3) is 0 Å². The summed E-state index contributed by atoms with van der Waals surface area (Å²) in [4.78, 5) is 35.1. The van der Waals surface area contributed by atoms with Gasteiger partial charge in [-0.15, -0.1) is 0 Å². The highest BCUT2D eigenvalue weighted by molar-refractivity contribution is 7.22. The highest BCUT2D eigenvalue weighted by atomic mass is 32.1. The molecule has 0 aliphatic carbocycles. The van der Waals surface area contributed by atoms with Crippen molar-refractivity contribution < 1.29 is 9.59 Å². The lowest BCUT2D eigenvalue weighted by atomic mass is 10.1. The predicted octanol–water partition coefficient (Wildman–Crippen LogP) is 3.47. The fourth-order valence-corrected chi connectivity index (χ4v) is 4.14. The van der Waals surface area contributed by atoms with Gasteiger partial charge in [0, 0.05) is 14.1 Å². The quantitative estimate of drug-likeness (QED) is 0.583. The van der Waals surface area contributed by atoms with Crippen LogP contribution in [0.3, 0.4) is 0 Å². The number of carbonyl (C=O) groups excluding carboxylic acids is 2. The van der Waals surface area contributed by atoms with Crippen molar-refractivity contribution in [2.75, 3.05) is 39.1 Å². The van der Waals surface area contributed by atoms with Gasteiger partial charge in [-0.1, -0.05) is 47.7 Å². The van der Waals surface area contributed by atoms with Crippen molar-refractivity contribution in [1.82, 2.24) is 14.8 Å². The Labute approximate surface area is 181 Å². The Bertz CT molecular complexity index is 1050. The van der Waals surface area contributed by atoms with E-state index in [1.54, 1.807) is 30.9 Å². The largest absolute Gasteiger partial charge is 0.348 e. The molecule has 0 atom stereocenters. The van der Waals surface area contributed by atoms with Crippen LogP contribution in [0.4, 0.5) is 5.13 Å². The first-order valence-electron chi connectivity index (χ1n) is 9.86. The number of aryl methyl sites for hydroxylation is 2. The lowest BCUT2D eigenvalue weighted by molar-refractivity contribution is -0.130. The summed E-state index contributed by atoms with van der Waals surface area (Å²) >= 11 is 1.52. The molecule has 0 aliphatic heterocycles. The Hall–Kier alpha value is -2.77. The third kappa shape index (κ3) is 5.04. The highest BCUT2D eigenvalue weighted by Crippen LogP contribution is 2.32. The zero-order valence-electron chi connectivity index (χ0n) is 18.2. The Balaban J connectivity index is 1.90. The van der Waals surface area contributed by atoms with Crippen molar-refractivity contribution >= 4 is 38.5 Å². The summed E-state index contributed by atoms with van der Waals surface area (Å²) < 4.78 is 1.06. The third-order valence-corrected chi connectivity index (χ3v) is 6.14. The third-order valence-electron chi connectivity index (χ3n) is 5.10. The van der Waals surface area contributed by atoms with Gasteiger partial charge >= 0.3 is 0 Å². The summed E-state index contributed by atoms with van der Waals surface area (Å²) in [5.41, 5.74) is 4.29. The van der Waals surface area contributed by atoms with Crippen LogP contribution in [0, 0.1) is 13.8 Å². The molecule has 2 amide bonds. The molecule has 158 valence electrons. The van der Waals surface area contributed by atoms with E-state index < -0.39 is 0 Å². The minimum Gasteiger partial charge on any atom is -0.348 e. The normalized spacial score (nSPS) is 11.1. The van der Waals surface area contributed by atoms with E-state index in [9.17, 15) is 9.59 Å². The van der Waals surface area contributed by atoms with Gasteiger partial charge in [-0.25, -0.2) is 4.98 Å². The second-order valence-corrected chi connectivity index (χ2v) is 8.79. The predicted molar refractivity (Wildman–Crippen MR) is 123 cm³/mol. The van der Waals surface area contributed by atoms with E-state index in [0.29, 0.717) is 11.7 Å². The standard InChI is InChI=1S/C23H28N4O2S/c1-16-11-12-19-22(17(16)2)24-23(30-19)27(13-18-9-7-6-8-10-18)21(29)15-26(5)14-20(28)25(3)4/h6-12H,13-15H2,1-5H3. The molecule has 0 radical (unpaired) electrons. The number of hydrogen-bond donors (Lipinski definition) is 0. The summed E-state index contributed by atoms with van der Waals surface area (Å²) in [6.07, 6.45) is 0. The highest BCUT2D eigenvalue weighted by Gasteiger charge is 2.23. The molecule has 0 saturated carbocycles. The molecule has 3 rings (SSSR count). The van der Waals surface area contributed by atoms with E-state index in [0.717, 1.165) is 21.3 Å². The summed E-state index contributed by atoms with van der Waals surface area (Å²) in [7, 11) is 5.21. The second-order valence-electron chi connectivity index (χ2n) is 7.78. The molecular weight excluding hydrogens is 396 g/mol. The number of nitrogens with zero attached hydrogens (tertiary/aromatic N) is 4. The molecule has 0 spiro atoms. The van der Waals surface area contributed by atoms with E-state index in [1.807, 2.05) is 30.3 Å². The van der Waals surface area contributed by atoms with Crippen LogP contribution in [0.15, 0.2) is 42.5 Å². The number of rotatable bonds is 7. The number of aromatic nitrogens is 1. The first-order valence-corrected chi connectivity index (χ1v) is 10.7. The van der Waals surface area contributed by atoms with Crippen LogP contribution in [-0.4, -0.2) is 60.8 Å². The van der Waals surface area contributed by atoms with Gasteiger partial charge in [-0.3, -0.25) is 19.4 Å². The van der Waals surface area contributed by atoms with E-state index in [1.165, 1.54) is 21.8 Å². The molecule has 6 nitrogen and oxygen atoms in total. The van der Waals surface area contributed by atoms with Crippen molar-refractivity contribution in [1.29, 1.82) is 0 Å². The molecule has 7 heteroatoms. The number of fused-ring (bicyclic) bond motifs is 1. The fraction of sp³-hybridized carbons (Fsp3) is 0.348. The number of benzene rings is 2. The minimum atomic E-state index is -0.0821. The van der Waals surface area contributed by atoms with Crippen LogP contribution >= 0.6 is 11.3 Å². The van der Waals surface area contributed by atoms with E-state index >= 15 is 0 Å². The fourth-order valence-electron chi connectivity index (χ4n) is 3.10. The van der Waals surface area contributed by atoms with E-state index in [4.69, 9.17) is 4.98 Å². The zero-order chi connectivity index (χ0) is 21.8. The molecular formula is C23H28N4O2S. The van der Waals surface area contributed by atoms with Gasteiger partial charge in [0.1, 0.15) is 0 Å². The number of carbonyl (C=O) groups is 2. The Morgan fingerprint density at radius 1 is 0.933 bits per heavy atom. The first-order chi connectivity index (χ1) is 14.3. The van der Waals surface area contributed by atoms with Crippen LogP contribution in [-0.2, 0) is 16.1 Å². The number of likely N-dealkylation sites (N-methyl/N-ethyl adjacent to an activating group) is 2. The molecule has 30 heavy (non-hydrogen) atoms. The number of anilines is 1. The zero-order valence-corrected chi connectivity index (χ0v) is 19.0. The maximum absolute atomic E-state index is 13.3. The number of thiazole rings is 1. The maximum Gasteiger partial charge on any atom is 0.243 e. The van der Waals surface area contributed by atoms with Crippen LogP contribution in [0.5, 0.6) is 0 Å². The molecule has 0 saturated heterocycles.